The largest absolute Gasteiger partial charge is 0.481 e. The number of amides is 6. The molecule has 7 aromatic rings. The van der Waals surface area contributed by atoms with Crippen molar-refractivity contribution in [2.45, 2.75) is 60.6 Å². The zero-order chi connectivity index (χ0) is 61.0. The average Bonchev–Trinajstić information content (AvgIpc) is 3.73. The van der Waals surface area contributed by atoms with Crippen molar-refractivity contribution in [2.24, 2.45) is 0 Å². The molecule has 0 atom stereocenters. The molecule has 84 heavy (non-hydrogen) atoms. The minimum absolute atomic E-state index is 0.0670. The van der Waals surface area contributed by atoms with Crippen LogP contribution in [0, 0.1) is 33.5 Å². The number of fused-ring (bicyclic) bond motifs is 2. The molecule has 23 heteroatoms. The minimum atomic E-state index is -4.64. The number of halogens is 5. The fourth-order valence-electron chi connectivity index (χ4n) is 9.25. The number of benzene rings is 4. The Morgan fingerprint density at radius 3 is 2.01 bits per heavy atom. The Labute approximate surface area is 486 Å². The van der Waals surface area contributed by atoms with Crippen molar-refractivity contribution in [2.75, 3.05) is 54.5 Å². The smallest absolute Gasteiger partial charge is 0.417 e. The highest BCUT2D eigenvalue weighted by atomic mass is 35.5. The molecule has 18 nitrogen and oxygen atoms in total. The Balaban J connectivity index is 0.000000183. The number of pyridine rings is 1. The van der Waals surface area contributed by atoms with E-state index < -0.39 is 34.6 Å². The fraction of sp³-hybridized carbons (Fsp3) is 0.230. The van der Waals surface area contributed by atoms with Crippen LogP contribution in [0.1, 0.15) is 97.1 Å². The number of likely N-dealkylation sites (N-methyl/N-ethyl adjacent to an activating group) is 1. The zero-order valence-corrected chi connectivity index (χ0v) is 47.6. The third-order valence-electron chi connectivity index (χ3n) is 13.7. The number of aliphatic carboxylic acids is 1. The SMILES string of the molecule is CCN(CC)CCNC(=O)c1c(C)[nH]c(/C=C2\C(=O)Nc3ccc(F)cc32)c1C.CNC(=O)c1cncc(Oc2ccc(NC(=O)Nc3ccc(Cl)c(C(F)(F)F)c3)cc2)c1.Cc1[nH]c(/C=C2\C(=O)Nc3ccccc32)c(C)c1CCC(=O)O. The number of ether oxygens (including phenoxy) is 1. The molecule has 0 aliphatic carbocycles. The molecule has 0 fully saturated rings. The number of carbonyl (C=O) groups excluding carboxylic acids is 5. The van der Waals surface area contributed by atoms with Gasteiger partial charge in [-0.15, -0.1) is 0 Å². The van der Waals surface area contributed by atoms with Gasteiger partial charge in [-0.3, -0.25) is 29.0 Å². The summed E-state index contributed by atoms with van der Waals surface area (Å²) in [5, 5.41) is 24.3. The Morgan fingerprint density at radius 1 is 0.738 bits per heavy atom. The normalized spacial score (nSPS) is 13.2. The summed E-state index contributed by atoms with van der Waals surface area (Å²) in [6, 6.07) is 21.8. The molecule has 2 aliphatic rings. The molecule has 5 heterocycles. The summed E-state index contributed by atoms with van der Waals surface area (Å²) < 4.78 is 58.1. The van der Waals surface area contributed by atoms with Crippen molar-refractivity contribution < 1.29 is 56.2 Å². The van der Waals surface area contributed by atoms with Crippen LogP contribution >= 0.6 is 11.6 Å². The first kappa shape index (κ1) is 62.1. The maximum atomic E-state index is 13.7. The van der Waals surface area contributed by atoms with Crippen LogP contribution in [0.15, 0.2) is 103 Å². The van der Waals surface area contributed by atoms with E-state index in [1.54, 1.807) is 24.3 Å². The van der Waals surface area contributed by atoms with Gasteiger partial charge in [-0.25, -0.2) is 9.18 Å². The van der Waals surface area contributed by atoms with E-state index in [2.05, 4.69) is 65.6 Å². The number of aryl methyl sites for hydroxylation is 2. The standard InChI is InChI=1S/C22H27FN4O2.C21H16ClF3N4O3.C18H18N2O3/c1-5-27(6-2)10-9-24-22(29)20-13(3)19(25-14(20)4)12-17-16-11-15(23)7-8-18(16)26-21(17)28;1-26-19(30)12-8-16(11-27-10-12)32-15-5-2-13(3-6-15)28-20(31)29-14-4-7-18(22)17(9-14)21(23,24)25;1-10-12(7-8-17(21)22)11(2)19-16(10)9-14-13-5-3-4-6-15(13)20-18(14)23/h7-8,11-12,25H,5-6,9-10H2,1-4H3,(H,24,29)(H,26,28);2-11H,1H3,(H,26,30)(H2,28,29,31);3-6,9,19H,7-8H2,1-2H3,(H,20,23)(H,21,22)/b17-12-;;14-9-. The number of rotatable bonds is 16. The molecule has 2 aliphatic heterocycles. The van der Waals surface area contributed by atoms with Crippen LogP contribution in [0.4, 0.5) is 45.1 Å². The van der Waals surface area contributed by atoms with Gasteiger partial charge in [0.2, 0.25) is 0 Å². The molecule has 0 spiro atoms. The summed E-state index contributed by atoms with van der Waals surface area (Å²) in [7, 11) is 1.50. The lowest BCUT2D eigenvalue weighted by Crippen LogP contribution is -2.35. The van der Waals surface area contributed by atoms with Crippen LogP contribution in [0.5, 0.6) is 11.5 Å². The molecule has 9 N–H and O–H groups in total. The van der Waals surface area contributed by atoms with Gasteiger partial charge in [-0.2, -0.15) is 13.2 Å². The maximum Gasteiger partial charge on any atom is 0.417 e. The quantitative estimate of drug-likeness (QED) is 0.0327. The van der Waals surface area contributed by atoms with Crippen molar-refractivity contribution in [3.63, 3.8) is 0 Å². The summed E-state index contributed by atoms with van der Waals surface area (Å²) >= 11 is 5.57. The summed E-state index contributed by atoms with van der Waals surface area (Å²) in [6.45, 7) is 15.0. The predicted octanol–water partition coefficient (Wildman–Crippen LogP) is 12.0. The number of carbonyl (C=O) groups is 6. The van der Waals surface area contributed by atoms with Crippen LogP contribution in [0.3, 0.4) is 0 Å². The highest BCUT2D eigenvalue weighted by Gasteiger charge is 2.34. The topological polar surface area (TPSA) is 252 Å². The number of nitrogens with one attached hydrogen (secondary N) is 8. The molecule has 0 bridgehead atoms. The molecule has 0 saturated carbocycles. The van der Waals surface area contributed by atoms with Crippen LogP contribution in [0.25, 0.3) is 23.3 Å². The lowest BCUT2D eigenvalue weighted by molar-refractivity contribution is -0.138. The number of nitrogens with zero attached hydrogens (tertiary/aromatic N) is 2. The van der Waals surface area contributed by atoms with Gasteiger partial charge in [0.15, 0.2) is 0 Å². The van der Waals surface area contributed by atoms with Crippen molar-refractivity contribution in [1.29, 1.82) is 0 Å². The number of para-hydroxylation sites is 1. The molecule has 9 rings (SSSR count). The van der Waals surface area contributed by atoms with Gasteiger partial charge < -0.3 is 56.6 Å². The molecule has 438 valence electrons. The van der Waals surface area contributed by atoms with Crippen LogP contribution < -0.4 is 36.6 Å². The van der Waals surface area contributed by atoms with E-state index in [0.717, 1.165) is 76.8 Å². The number of H-pyrrole nitrogens is 2. The average molecular weight is 1170 g/mol. The molecule has 4 aromatic carbocycles. The molecule has 6 amide bonds. The Kier molecular flexibility index (Phi) is 20.3. The second-order valence-electron chi connectivity index (χ2n) is 19.3. The van der Waals surface area contributed by atoms with E-state index in [1.165, 1.54) is 55.8 Å². The number of carboxylic acids is 1. The summed E-state index contributed by atoms with van der Waals surface area (Å²) in [5.74, 6) is -1.32. The van der Waals surface area contributed by atoms with Gasteiger partial charge in [0.25, 0.3) is 23.6 Å². The summed E-state index contributed by atoms with van der Waals surface area (Å²) in [4.78, 5) is 84.4. The maximum absolute atomic E-state index is 13.7. The molecule has 0 unspecified atom stereocenters. The number of carboxylic acid groups (broad SMARTS) is 1. The van der Waals surface area contributed by atoms with Gasteiger partial charge >= 0.3 is 18.2 Å². The van der Waals surface area contributed by atoms with E-state index in [4.69, 9.17) is 21.4 Å². The van der Waals surface area contributed by atoms with Crippen LogP contribution in [-0.4, -0.2) is 93.8 Å². The van der Waals surface area contributed by atoms with Gasteiger partial charge in [-0.1, -0.05) is 43.6 Å². The first-order valence-corrected chi connectivity index (χ1v) is 26.8. The zero-order valence-electron chi connectivity index (χ0n) is 46.8. The molecular weight excluding hydrogens is 1110 g/mol. The number of urea groups is 1. The molecule has 3 aromatic heterocycles. The lowest BCUT2D eigenvalue weighted by Gasteiger charge is -2.18. The summed E-state index contributed by atoms with van der Waals surface area (Å²) in [6.07, 6.45) is 2.29. The third-order valence-corrected chi connectivity index (χ3v) is 14.0. The van der Waals surface area contributed by atoms with E-state index in [0.29, 0.717) is 69.4 Å². The second-order valence-corrected chi connectivity index (χ2v) is 19.7. The monoisotopic (exact) mass is 1170 g/mol. The first-order valence-electron chi connectivity index (χ1n) is 26.4. The highest BCUT2D eigenvalue weighted by Crippen LogP contribution is 2.38. The van der Waals surface area contributed by atoms with Crippen molar-refractivity contribution in [1.82, 2.24) is 30.5 Å². The van der Waals surface area contributed by atoms with Gasteiger partial charge in [0, 0.05) is 89.4 Å². The van der Waals surface area contributed by atoms with E-state index >= 15 is 0 Å². The molecule has 0 saturated heterocycles. The minimum Gasteiger partial charge on any atom is -0.481 e. The first-order chi connectivity index (χ1) is 40.0. The van der Waals surface area contributed by atoms with Gasteiger partial charge in [0.05, 0.1) is 39.1 Å². The van der Waals surface area contributed by atoms with Crippen molar-refractivity contribution >= 4 is 93.3 Å². The number of aromatic amines is 2. The number of anilines is 4. The van der Waals surface area contributed by atoms with Crippen LogP contribution in [0.2, 0.25) is 5.02 Å². The Hall–Kier alpha value is -9.54. The number of hydrogen-bond donors (Lipinski definition) is 9. The Morgan fingerprint density at radius 2 is 1.36 bits per heavy atom. The van der Waals surface area contributed by atoms with E-state index in [9.17, 15) is 46.3 Å². The number of alkyl halides is 3. The molecule has 0 radical (unpaired) electrons. The van der Waals surface area contributed by atoms with E-state index in [1.807, 2.05) is 58.0 Å². The predicted molar refractivity (Wildman–Crippen MR) is 316 cm³/mol. The van der Waals surface area contributed by atoms with Crippen molar-refractivity contribution in [3.05, 3.63) is 182 Å². The fourth-order valence-corrected chi connectivity index (χ4v) is 9.48. The number of hydrogen-bond acceptors (Lipinski definition) is 9. The second kappa shape index (κ2) is 27.5. The van der Waals surface area contributed by atoms with E-state index in [-0.39, 0.29) is 35.7 Å². The van der Waals surface area contributed by atoms with Crippen LogP contribution in [-0.2, 0) is 27.0 Å². The van der Waals surface area contributed by atoms with Gasteiger partial charge in [-0.05, 0) is 149 Å². The summed E-state index contributed by atoms with van der Waals surface area (Å²) in [5.41, 5.74) is 9.91. The Bertz CT molecular complexity index is 3700. The number of aromatic nitrogens is 3. The molecular formula is C61H61ClF4N10O8. The lowest BCUT2D eigenvalue weighted by atomic mass is 10.0. The van der Waals surface area contributed by atoms with Crippen molar-refractivity contribution in [3.8, 4) is 11.5 Å². The highest BCUT2D eigenvalue weighted by molar-refractivity contribution is 6.35. The van der Waals surface area contributed by atoms with Gasteiger partial charge in [0.1, 0.15) is 17.3 Å². The third kappa shape index (κ3) is 15.5.